The Hall–Kier alpha value is -2.80. The number of carbonyl (C=O) groups excluding carboxylic acids is 1. The zero-order chi connectivity index (χ0) is 22.6. The van der Waals surface area contributed by atoms with Crippen LogP contribution in [0.2, 0.25) is 0 Å². The third-order valence-corrected chi connectivity index (χ3v) is 5.67. The number of hydrogen-bond donors (Lipinski definition) is 0. The van der Waals surface area contributed by atoms with Gasteiger partial charge in [-0.1, -0.05) is 12.1 Å². The van der Waals surface area contributed by atoms with Crippen LogP contribution in [0.1, 0.15) is 33.6 Å². The van der Waals surface area contributed by atoms with Crippen LogP contribution in [0.3, 0.4) is 0 Å². The van der Waals surface area contributed by atoms with Crippen LogP contribution < -0.4 is 9.64 Å². The van der Waals surface area contributed by atoms with Gasteiger partial charge in [-0.25, -0.2) is 9.78 Å². The van der Waals surface area contributed by atoms with Gasteiger partial charge in [-0.3, -0.25) is 0 Å². The van der Waals surface area contributed by atoms with Crippen molar-refractivity contribution >= 4 is 11.9 Å². The zero-order valence-corrected chi connectivity index (χ0v) is 19.3. The van der Waals surface area contributed by atoms with E-state index in [0.717, 1.165) is 61.8 Å². The second kappa shape index (κ2) is 9.77. The Labute approximate surface area is 190 Å². The molecule has 2 aliphatic heterocycles. The smallest absolute Gasteiger partial charge is 0.410 e. The number of hydrogen-bond acceptors (Lipinski definition) is 6. The van der Waals surface area contributed by atoms with E-state index < -0.39 is 5.60 Å². The lowest BCUT2D eigenvalue weighted by Gasteiger charge is -2.33. The van der Waals surface area contributed by atoms with Gasteiger partial charge in [0.2, 0.25) is 0 Å². The van der Waals surface area contributed by atoms with Crippen LogP contribution in [0.5, 0.6) is 5.75 Å². The van der Waals surface area contributed by atoms with E-state index >= 15 is 0 Å². The van der Waals surface area contributed by atoms with E-state index in [0.29, 0.717) is 13.1 Å². The van der Waals surface area contributed by atoms with Crippen molar-refractivity contribution in [1.29, 1.82) is 0 Å². The number of amides is 1. The van der Waals surface area contributed by atoms with E-state index in [1.165, 1.54) is 0 Å². The van der Waals surface area contributed by atoms with Gasteiger partial charge < -0.3 is 24.0 Å². The summed E-state index contributed by atoms with van der Waals surface area (Å²) in [5.41, 5.74) is 1.72. The fourth-order valence-corrected chi connectivity index (χ4v) is 3.94. The van der Waals surface area contributed by atoms with Gasteiger partial charge in [0, 0.05) is 50.8 Å². The third kappa shape index (κ3) is 5.91. The van der Waals surface area contributed by atoms with Crippen LogP contribution in [-0.4, -0.2) is 67.1 Å². The van der Waals surface area contributed by atoms with Gasteiger partial charge in [-0.15, -0.1) is 0 Å². The molecule has 0 atom stereocenters. The molecule has 32 heavy (non-hydrogen) atoms. The number of likely N-dealkylation sites (tertiary alicyclic amines) is 1. The zero-order valence-electron chi connectivity index (χ0n) is 19.3. The molecule has 0 spiro atoms. The summed E-state index contributed by atoms with van der Waals surface area (Å²) in [5.74, 6) is 1.84. The molecule has 0 N–H and O–H groups in total. The van der Waals surface area contributed by atoms with Crippen molar-refractivity contribution < 1.29 is 19.0 Å². The number of piperidine rings is 1. The maximum atomic E-state index is 12.2. The predicted octanol–water partition coefficient (Wildman–Crippen LogP) is 4.36. The van der Waals surface area contributed by atoms with Crippen LogP contribution >= 0.6 is 0 Å². The molecule has 0 saturated carbocycles. The highest BCUT2D eigenvalue weighted by Gasteiger charge is 2.27. The number of rotatable bonds is 4. The van der Waals surface area contributed by atoms with Crippen LogP contribution in [0.25, 0.3) is 11.1 Å². The van der Waals surface area contributed by atoms with Crippen molar-refractivity contribution in [3.05, 3.63) is 42.6 Å². The quantitative estimate of drug-likeness (QED) is 0.705. The molecule has 2 fully saturated rings. The normalized spacial score (nSPS) is 17.8. The largest absolute Gasteiger partial charge is 0.490 e. The molecular weight excluding hydrogens is 406 g/mol. The van der Waals surface area contributed by atoms with Crippen LogP contribution in [0.4, 0.5) is 10.6 Å². The first-order chi connectivity index (χ1) is 15.4. The summed E-state index contributed by atoms with van der Waals surface area (Å²) in [7, 11) is 0. The number of nitrogens with zero attached hydrogens (tertiary/aromatic N) is 3. The Morgan fingerprint density at radius 3 is 2.22 bits per heavy atom. The Morgan fingerprint density at radius 1 is 0.969 bits per heavy atom. The second-order valence-electron chi connectivity index (χ2n) is 9.31. The molecule has 4 rings (SSSR count). The van der Waals surface area contributed by atoms with Crippen LogP contribution in [-0.2, 0) is 9.47 Å². The molecule has 1 amide bonds. The molecule has 0 unspecified atom stereocenters. The first-order valence-corrected chi connectivity index (χ1v) is 11.4. The van der Waals surface area contributed by atoms with Crippen molar-refractivity contribution in [2.24, 2.45) is 0 Å². The van der Waals surface area contributed by atoms with Crippen LogP contribution in [0, 0.1) is 0 Å². The maximum Gasteiger partial charge on any atom is 0.410 e. The number of carbonyl (C=O) groups is 1. The minimum absolute atomic E-state index is 0.106. The van der Waals surface area contributed by atoms with E-state index in [2.05, 4.69) is 34.1 Å². The van der Waals surface area contributed by atoms with E-state index in [1.54, 1.807) is 4.90 Å². The van der Waals surface area contributed by atoms with Crippen LogP contribution in [0.15, 0.2) is 42.6 Å². The summed E-state index contributed by atoms with van der Waals surface area (Å²) >= 11 is 0. The first kappa shape index (κ1) is 22.4. The standard InChI is InChI=1S/C25H33N3O4/c1-25(2,3)32-24(29)28-12-10-22(11-13-28)31-21-7-4-19(5-8-21)20-6-9-23(26-18-20)27-14-16-30-17-15-27/h4-9,18,22H,10-17H2,1-3H3. The van der Waals surface area contributed by atoms with Gasteiger partial charge in [0.05, 0.1) is 13.2 Å². The first-order valence-electron chi connectivity index (χ1n) is 11.4. The van der Waals surface area contributed by atoms with Gasteiger partial charge in [0.1, 0.15) is 23.3 Å². The summed E-state index contributed by atoms with van der Waals surface area (Å²) in [5, 5.41) is 0. The molecule has 0 radical (unpaired) electrons. The number of morpholine rings is 1. The number of aromatic nitrogens is 1. The molecular formula is C25H33N3O4. The number of anilines is 1. The summed E-state index contributed by atoms with van der Waals surface area (Å²) in [6.45, 7) is 10.2. The highest BCUT2D eigenvalue weighted by atomic mass is 16.6. The fourth-order valence-electron chi connectivity index (χ4n) is 3.94. The molecule has 1 aromatic carbocycles. The van der Waals surface area contributed by atoms with Crippen molar-refractivity contribution in [2.45, 2.75) is 45.3 Å². The maximum absolute atomic E-state index is 12.2. The van der Waals surface area contributed by atoms with Crippen molar-refractivity contribution in [2.75, 3.05) is 44.3 Å². The number of ether oxygens (including phenoxy) is 3. The average molecular weight is 440 g/mol. The molecule has 172 valence electrons. The molecule has 7 heteroatoms. The Kier molecular flexibility index (Phi) is 6.84. The average Bonchev–Trinajstić information content (AvgIpc) is 2.80. The molecule has 2 aliphatic rings. The number of benzene rings is 1. The molecule has 2 saturated heterocycles. The van der Waals surface area contributed by atoms with Gasteiger partial charge in [-0.05, 0) is 50.6 Å². The Bertz CT molecular complexity index is 879. The SMILES string of the molecule is CC(C)(C)OC(=O)N1CCC(Oc2ccc(-c3ccc(N4CCOCC4)nc3)cc2)CC1. The lowest BCUT2D eigenvalue weighted by atomic mass is 10.1. The molecule has 7 nitrogen and oxygen atoms in total. The van der Waals surface area contributed by atoms with Gasteiger partial charge in [-0.2, -0.15) is 0 Å². The molecule has 3 heterocycles. The van der Waals surface area contributed by atoms with E-state index in [9.17, 15) is 4.79 Å². The Balaban J connectivity index is 1.28. The summed E-state index contributed by atoms with van der Waals surface area (Å²) < 4.78 is 17.0. The second-order valence-corrected chi connectivity index (χ2v) is 9.31. The molecule has 0 aliphatic carbocycles. The molecule has 2 aromatic rings. The lowest BCUT2D eigenvalue weighted by molar-refractivity contribution is 0.0126. The topological polar surface area (TPSA) is 64.1 Å². The monoisotopic (exact) mass is 439 g/mol. The van der Waals surface area contributed by atoms with Crippen molar-refractivity contribution in [3.63, 3.8) is 0 Å². The van der Waals surface area contributed by atoms with E-state index in [4.69, 9.17) is 14.2 Å². The molecule has 0 bridgehead atoms. The van der Waals surface area contributed by atoms with Gasteiger partial charge in [0.25, 0.3) is 0 Å². The summed E-state index contributed by atoms with van der Waals surface area (Å²) in [4.78, 5) is 20.9. The van der Waals surface area contributed by atoms with E-state index in [1.807, 2.05) is 39.1 Å². The van der Waals surface area contributed by atoms with E-state index in [-0.39, 0.29) is 12.2 Å². The Morgan fingerprint density at radius 2 is 1.62 bits per heavy atom. The van der Waals surface area contributed by atoms with Crippen molar-refractivity contribution in [3.8, 4) is 16.9 Å². The highest BCUT2D eigenvalue weighted by molar-refractivity contribution is 5.68. The van der Waals surface area contributed by atoms with Gasteiger partial charge >= 0.3 is 6.09 Å². The fraction of sp³-hybridized carbons (Fsp3) is 0.520. The minimum Gasteiger partial charge on any atom is -0.490 e. The van der Waals surface area contributed by atoms with Crippen molar-refractivity contribution in [1.82, 2.24) is 9.88 Å². The molecule has 1 aromatic heterocycles. The lowest BCUT2D eigenvalue weighted by Crippen LogP contribution is -2.44. The third-order valence-electron chi connectivity index (χ3n) is 5.67. The summed E-state index contributed by atoms with van der Waals surface area (Å²) in [6.07, 6.45) is 3.39. The minimum atomic E-state index is -0.468. The predicted molar refractivity (Wildman–Crippen MR) is 124 cm³/mol. The summed E-state index contributed by atoms with van der Waals surface area (Å²) in [6, 6.07) is 12.3. The number of pyridine rings is 1. The highest BCUT2D eigenvalue weighted by Crippen LogP contribution is 2.26. The van der Waals surface area contributed by atoms with Gasteiger partial charge in [0.15, 0.2) is 0 Å².